The van der Waals surface area contributed by atoms with Crippen LogP contribution in [0.3, 0.4) is 0 Å². The van der Waals surface area contributed by atoms with Gasteiger partial charge in [-0.25, -0.2) is 0 Å². The number of hydrogen-bond donors (Lipinski definition) is 0. The molecule has 1 saturated heterocycles. The van der Waals surface area contributed by atoms with Crippen molar-refractivity contribution in [1.29, 1.82) is 0 Å². The minimum Gasteiger partial charge on any atom is -0.273 e. The van der Waals surface area contributed by atoms with Gasteiger partial charge in [-0.3, -0.25) is 9.69 Å². The SMILES string of the molecule is Cc1nnc(N2C(=O)CSC2c2ccccc2)s1. The fourth-order valence-electron chi connectivity index (χ4n) is 1.88. The van der Waals surface area contributed by atoms with Gasteiger partial charge >= 0.3 is 0 Å². The summed E-state index contributed by atoms with van der Waals surface area (Å²) in [6.07, 6.45) is 0. The molecule has 1 unspecified atom stereocenters. The Kier molecular flexibility index (Phi) is 3.05. The Bertz CT molecular complexity index is 570. The molecule has 2 aromatic rings. The number of amides is 1. The highest BCUT2D eigenvalue weighted by molar-refractivity contribution is 8.00. The van der Waals surface area contributed by atoms with E-state index in [1.54, 1.807) is 16.7 Å². The van der Waals surface area contributed by atoms with Crippen molar-refractivity contribution in [2.45, 2.75) is 12.3 Å². The van der Waals surface area contributed by atoms with E-state index in [2.05, 4.69) is 10.2 Å². The summed E-state index contributed by atoms with van der Waals surface area (Å²) in [5, 5.41) is 9.66. The third kappa shape index (κ3) is 2.02. The normalized spacial score (nSPS) is 19.5. The molecule has 1 atom stereocenters. The van der Waals surface area contributed by atoms with E-state index in [4.69, 9.17) is 0 Å². The lowest BCUT2D eigenvalue weighted by Gasteiger charge is -2.20. The third-order valence-corrected chi connectivity index (χ3v) is 4.72. The van der Waals surface area contributed by atoms with Crippen LogP contribution >= 0.6 is 23.1 Å². The van der Waals surface area contributed by atoms with E-state index in [1.165, 1.54) is 11.3 Å². The molecule has 0 bridgehead atoms. The Morgan fingerprint density at radius 1 is 1.28 bits per heavy atom. The molecule has 1 aliphatic heterocycles. The average Bonchev–Trinajstić information content (AvgIpc) is 2.96. The molecule has 0 saturated carbocycles. The third-order valence-electron chi connectivity index (χ3n) is 2.67. The molecule has 0 N–H and O–H groups in total. The van der Waals surface area contributed by atoms with E-state index >= 15 is 0 Å². The maximum absolute atomic E-state index is 12.0. The van der Waals surface area contributed by atoms with Crippen LogP contribution in [0.5, 0.6) is 0 Å². The van der Waals surface area contributed by atoms with Crippen LogP contribution in [0.15, 0.2) is 30.3 Å². The van der Waals surface area contributed by atoms with Gasteiger partial charge in [-0.1, -0.05) is 41.7 Å². The fraction of sp³-hybridized carbons (Fsp3) is 0.250. The van der Waals surface area contributed by atoms with Crippen molar-refractivity contribution in [3.63, 3.8) is 0 Å². The highest BCUT2D eigenvalue weighted by Gasteiger charge is 2.35. The van der Waals surface area contributed by atoms with Crippen molar-refractivity contribution < 1.29 is 4.79 Å². The van der Waals surface area contributed by atoms with Gasteiger partial charge in [0.25, 0.3) is 0 Å². The van der Waals surface area contributed by atoms with Gasteiger partial charge < -0.3 is 0 Å². The zero-order valence-electron chi connectivity index (χ0n) is 9.74. The molecule has 1 aromatic carbocycles. The Labute approximate surface area is 113 Å². The van der Waals surface area contributed by atoms with Crippen molar-refractivity contribution >= 4 is 34.1 Å². The lowest BCUT2D eigenvalue weighted by molar-refractivity contribution is -0.115. The number of hydrogen-bond acceptors (Lipinski definition) is 5. The van der Waals surface area contributed by atoms with Crippen molar-refractivity contribution in [1.82, 2.24) is 10.2 Å². The van der Waals surface area contributed by atoms with E-state index in [0.717, 1.165) is 10.6 Å². The molecule has 1 amide bonds. The summed E-state index contributed by atoms with van der Waals surface area (Å²) in [6.45, 7) is 1.90. The molecule has 0 aliphatic carbocycles. The second-order valence-electron chi connectivity index (χ2n) is 3.94. The first kappa shape index (κ1) is 11.7. The predicted molar refractivity (Wildman–Crippen MR) is 73.8 cm³/mol. The first-order valence-electron chi connectivity index (χ1n) is 5.54. The number of carbonyl (C=O) groups excluding carboxylic acids is 1. The Balaban J connectivity index is 1.98. The topological polar surface area (TPSA) is 46.1 Å². The molecule has 1 aromatic heterocycles. The van der Waals surface area contributed by atoms with E-state index in [9.17, 15) is 4.79 Å². The maximum Gasteiger partial charge on any atom is 0.240 e. The summed E-state index contributed by atoms with van der Waals surface area (Å²) in [5.74, 6) is 0.600. The molecule has 0 radical (unpaired) electrons. The highest BCUT2D eigenvalue weighted by Crippen LogP contribution is 2.42. The smallest absolute Gasteiger partial charge is 0.240 e. The van der Waals surface area contributed by atoms with Crippen molar-refractivity contribution in [2.75, 3.05) is 10.7 Å². The number of benzene rings is 1. The molecule has 6 heteroatoms. The number of rotatable bonds is 2. The highest BCUT2D eigenvalue weighted by atomic mass is 32.2. The van der Waals surface area contributed by atoms with Gasteiger partial charge in [0, 0.05) is 0 Å². The monoisotopic (exact) mass is 277 g/mol. The molecule has 4 nitrogen and oxygen atoms in total. The van der Waals surface area contributed by atoms with Gasteiger partial charge in [-0.05, 0) is 12.5 Å². The molecule has 0 spiro atoms. The minimum atomic E-state index is 0.0195. The molecule has 18 heavy (non-hydrogen) atoms. The lowest BCUT2D eigenvalue weighted by Crippen LogP contribution is -2.27. The minimum absolute atomic E-state index is 0.0195. The number of anilines is 1. The van der Waals surface area contributed by atoms with E-state index in [0.29, 0.717) is 10.9 Å². The quantitative estimate of drug-likeness (QED) is 0.846. The second-order valence-corrected chi connectivity index (χ2v) is 6.17. The van der Waals surface area contributed by atoms with Crippen LogP contribution in [0.2, 0.25) is 0 Å². The van der Waals surface area contributed by atoms with Crippen LogP contribution in [0.25, 0.3) is 0 Å². The number of nitrogens with zero attached hydrogens (tertiary/aromatic N) is 3. The summed E-state index contributed by atoms with van der Waals surface area (Å²) in [4.78, 5) is 13.8. The standard InChI is InChI=1S/C12H11N3OS2/c1-8-13-14-12(18-8)15-10(16)7-17-11(15)9-5-3-2-4-6-9/h2-6,11H,7H2,1H3. The predicted octanol–water partition coefficient (Wildman–Crippen LogP) is 2.63. The number of thioether (sulfide) groups is 1. The molecule has 92 valence electrons. The van der Waals surface area contributed by atoms with Gasteiger partial charge in [-0.15, -0.1) is 22.0 Å². The number of carbonyl (C=O) groups is 1. The summed E-state index contributed by atoms with van der Waals surface area (Å²) in [6, 6.07) is 10.0. The number of aromatic nitrogens is 2. The average molecular weight is 277 g/mol. The maximum atomic E-state index is 12.0. The summed E-state index contributed by atoms with van der Waals surface area (Å²) in [7, 11) is 0. The Hall–Kier alpha value is -1.40. The van der Waals surface area contributed by atoms with Crippen LogP contribution in [0, 0.1) is 6.92 Å². The molecule has 1 aliphatic rings. The van der Waals surface area contributed by atoms with Gasteiger partial charge in [0.15, 0.2) is 0 Å². The summed E-state index contributed by atoms with van der Waals surface area (Å²) < 4.78 is 0. The van der Waals surface area contributed by atoms with Crippen LogP contribution in [-0.4, -0.2) is 21.9 Å². The van der Waals surface area contributed by atoms with E-state index in [-0.39, 0.29) is 11.3 Å². The van der Waals surface area contributed by atoms with Crippen molar-refractivity contribution in [3.8, 4) is 0 Å². The van der Waals surface area contributed by atoms with Gasteiger partial charge in [0.1, 0.15) is 10.4 Å². The lowest BCUT2D eigenvalue weighted by atomic mass is 10.2. The number of aryl methyl sites for hydroxylation is 1. The second kappa shape index (κ2) is 4.70. The van der Waals surface area contributed by atoms with Gasteiger partial charge in [-0.2, -0.15) is 0 Å². The van der Waals surface area contributed by atoms with Crippen LogP contribution < -0.4 is 4.90 Å². The fourth-order valence-corrected chi connectivity index (χ4v) is 3.83. The Morgan fingerprint density at radius 3 is 2.72 bits per heavy atom. The van der Waals surface area contributed by atoms with Crippen molar-refractivity contribution in [3.05, 3.63) is 40.9 Å². The van der Waals surface area contributed by atoms with Crippen LogP contribution in [0.1, 0.15) is 15.9 Å². The van der Waals surface area contributed by atoms with Crippen molar-refractivity contribution in [2.24, 2.45) is 0 Å². The zero-order valence-corrected chi connectivity index (χ0v) is 11.4. The molecular weight excluding hydrogens is 266 g/mol. The van der Waals surface area contributed by atoms with Gasteiger partial charge in [0.05, 0.1) is 5.75 Å². The summed E-state index contributed by atoms with van der Waals surface area (Å²) in [5.41, 5.74) is 1.13. The molecular formula is C12H11N3OS2. The zero-order chi connectivity index (χ0) is 12.5. The van der Waals surface area contributed by atoms with Gasteiger partial charge in [0.2, 0.25) is 11.0 Å². The first-order valence-corrected chi connectivity index (χ1v) is 7.41. The van der Waals surface area contributed by atoms with E-state index < -0.39 is 0 Å². The molecule has 2 heterocycles. The van der Waals surface area contributed by atoms with Crippen LogP contribution in [0.4, 0.5) is 5.13 Å². The molecule has 3 rings (SSSR count). The van der Waals surface area contributed by atoms with E-state index in [1.807, 2.05) is 37.3 Å². The first-order chi connectivity index (χ1) is 8.75. The summed E-state index contributed by atoms with van der Waals surface area (Å²) >= 11 is 3.09. The van der Waals surface area contributed by atoms with Crippen LogP contribution in [-0.2, 0) is 4.79 Å². The Morgan fingerprint density at radius 2 is 2.06 bits per heavy atom. The largest absolute Gasteiger partial charge is 0.273 e. The molecule has 1 fully saturated rings.